The number of carbonyl (C=O) groups is 1. The number of likely N-dealkylation sites (N-methyl/N-ethyl adjacent to an activating group) is 1. The van der Waals surface area contributed by atoms with Crippen LogP contribution in [0.5, 0.6) is 0 Å². The summed E-state index contributed by atoms with van der Waals surface area (Å²) < 4.78 is 23.2. The molecule has 3 aliphatic heterocycles. The second-order valence-electron chi connectivity index (χ2n) is 6.61. The van der Waals surface area contributed by atoms with Crippen LogP contribution in [0.2, 0.25) is 0 Å². The van der Waals surface area contributed by atoms with E-state index < -0.39 is 9.84 Å². The quantitative estimate of drug-likeness (QED) is 0.746. The first-order valence-electron chi connectivity index (χ1n) is 7.91. The van der Waals surface area contributed by atoms with Crippen molar-refractivity contribution in [1.82, 2.24) is 15.1 Å². The molecule has 3 aliphatic rings. The first-order valence-corrected chi connectivity index (χ1v) is 9.73. The van der Waals surface area contributed by atoms with Crippen LogP contribution in [-0.2, 0) is 14.6 Å². The molecule has 3 fully saturated rings. The number of likely N-dealkylation sites (tertiary alicyclic amines) is 1. The van der Waals surface area contributed by atoms with Crippen molar-refractivity contribution < 1.29 is 13.2 Å². The molecule has 3 atom stereocenters. The zero-order chi connectivity index (χ0) is 15.0. The monoisotopic (exact) mass is 351 g/mol. The summed E-state index contributed by atoms with van der Waals surface area (Å²) in [7, 11) is -2.94. The van der Waals surface area contributed by atoms with Gasteiger partial charge in [-0.2, -0.15) is 0 Å². The molecule has 3 heterocycles. The fourth-order valence-electron chi connectivity index (χ4n) is 4.02. The van der Waals surface area contributed by atoms with Crippen LogP contribution in [0, 0.1) is 11.8 Å². The SMILES string of the molecule is CCN(C(=O)CN1C[C@H]2CNC[C@H]2C1)C1CCS(=O)(=O)C1.Cl. The van der Waals surface area contributed by atoms with Crippen LogP contribution < -0.4 is 5.32 Å². The van der Waals surface area contributed by atoms with Crippen molar-refractivity contribution in [2.45, 2.75) is 19.4 Å². The van der Waals surface area contributed by atoms with E-state index in [1.165, 1.54) is 0 Å². The van der Waals surface area contributed by atoms with E-state index in [1.54, 1.807) is 4.90 Å². The van der Waals surface area contributed by atoms with Gasteiger partial charge >= 0.3 is 0 Å². The Bertz CT molecular complexity index is 501. The molecule has 3 rings (SSSR count). The van der Waals surface area contributed by atoms with Crippen molar-refractivity contribution >= 4 is 28.2 Å². The van der Waals surface area contributed by atoms with Crippen molar-refractivity contribution in [3.63, 3.8) is 0 Å². The Morgan fingerprint density at radius 2 is 1.91 bits per heavy atom. The third-order valence-electron chi connectivity index (χ3n) is 5.13. The van der Waals surface area contributed by atoms with Crippen molar-refractivity contribution in [2.75, 3.05) is 50.8 Å². The minimum atomic E-state index is -2.94. The predicted molar refractivity (Wildman–Crippen MR) is 88.0 cm³/mol. The Hall–Kier alpha value is -0.370. The number of nitrogens with one attached hydrogen (secondary N) is 1. The van der Waals surface area contributed by atoms with Gasteiger partial charge in [-0.1, -0.05) is 0 Å². The molecule has 6 nitrogen and oxygen atoms in total. The molecule has 0 aromatic heterocycles. The smallest absolute Gasteiger partial charge is 0.237 e. The summed E-state index contributed by atoms with van der Waals surface area (Å²) in [6, 6.07) is -0.115. The maximum absolute atomic E-state index is 12.5. The third kappa shape index (κ3) is 3.75. The summed E-state index contributed by atoms with van der Waals surface area (Å²) >= 11 is 0. The Kier molecular flexibility index (Phi) is 5.74. The van der Waals surface area contributed by atoms with Crippen molar-refractivity contribution in [3.05, 3.63) is 0 Å². The molecular weight excluding hydrogens is 326 g/mol. The molecule has 22 heavy (non-hydrogen) atoms. The zero-order valence-corrected chi connectivity index (χ0v) is 14.7. The highest BCUT2D eigenvalue weighted by Gasteiger charge is 2.38. The average molecular weight is 352 g/mol. The Balaban J connectivity index is 0.00000176. The van der Waals surface area contributed by atoms with Crippen LogP contribution in [0.4, 0.5) is 0 Å². The maximum atomic E-state index is 12.5. The predicted octanol–water partition coefficient (Wildman–Crippen LogP) is -0.405. The third-order valence-corrected chi connectivity index (χ3v) is 6.88. The van der Waals surface area contributed by atoms with Gasteiger partial charge in [-0.05, 0) is 38.3 Å². The van der Waals surface area contributed by atoms with Gasteiger partial charge in [0.15, 0.2) is 9.84 Å². The molecule has 0 saturated carbocycles. The van der Waals surface area contributed by atoms with Gasteiger partial charge in [0, 0.05) is 25.7 Å². The van der Waals surface area contributed by atoms with Gasteiger partial charge in [0.2, 0.25) is 5.91 Å². The molecule has 1 unspecified atom stereocenters. The molecule has 1 amide bonds. The summed E-state index contributed by atoms with van der Waals surface area (Å²) in [5, 5.41) is 3.40. The highest BCUT2D eigenvalue weighted by atomic mass is 35.5. The van der Waals surface area contributed by atoms with Crippen molar-refractivity contribution in [2.24, 2.45) is 11.8 Å². The lowest BCUT2D eigenvalue weighted by Crippen LogP contribution is -2.46. The summed E-state index contributed by atoms with van der Waals surface area (Å²) in [5.74, 6) is 1.81. The standard InChI is InChI=1S/C14H25N3O3S.ClH/c1-2-17(13-3-4-21(19,20)10-13)14(18)9-16-7-11-5-15-6-12(11)8-16;/h11-13,15H,2-10H2,1H3;1H/t11-,12+,13?;. The number of sulfone groups is 1. The molecule has 1 N–H and O–H groups in total. The van der Waals surface area contributed by atoms with Crippen LogP contribution >= 0.6 is 12.4 Å². The number of fused-ring (bicyclic) bond motifs is 1. The van der Waals surface area contributed by atoms with Gasteiger partial charge < -0.3 is 10.2 Å². The largest absolute Gasteiger partial charge is 0.338 e. The highest BCUT2D eigenvalue weighted by Crippen LogP contribution is 2.26. The maximum Gasteiger partial charge on any atom is 0.237 e. The second kappa shape index (κ2) is 7.03. The molecule has 0 aliphatic carbocycles. The normalized spacial score (nSPS) is 33.4. The van der Waals surface area contributed by atoms with Gasteiger partial charge in [-0.25, -0.2) is 8.42 Å². The van der Waals surface area contributed by atoms with Gasteiger partial charge in [0.1, 0.15) is 0 Å². The summed E-state index contributed by atoms with van der Waals surface area (Å²) in [5.41, 5.74) is 0. The minimum Gasteiger partial charge on any atom is -0.338 e. The van der Waals surface area contributed by atoms with E-state index in [-0.39, 0.29) is 35.9 Å². The van der Waals surface area contributed by atoms with Gasteiger partial charge in [0.25, 0.3) is 0 Å². The van der Waals surface area contributed by atoms with E-state index in [4.69, 9.17) is 0 Å². The van der Waals surface area contributed by atoms with Gasteiger partial charge in [0.05, 0.1) is 18.1 Å². The minimum absolute atomic E-state index is 0. The number of halogens is 1. The summed E-state index contributed by atoms with van der Waals surface area (Å²) in [6.45, 7) is 7.08. The van der Waals surface area contributed by atoms with E-state index >= 15 is 0 Å². The van der Waals surface area contributed by atoms with Crippen molar-refractivity contribution in [1.29, 1.82) is 0 Å². The molecule has 8 heteroatoms. The molecule has 0 spiro atoms. The average Bonchev–Trinajstić information content (AvgIpc) is 3.05. The fourth-order valence-corrected chi connectivity index (χ4v) is 5.75. The van der Waals surface area contributed by atoms with Crippen LogP contribution in [0.25, 0.3) is 0 Å². The number of hydrogen-bond acceptors (Lipinski definition) is 5. The number of amides is 1. The molecule has 3 saturated heterocycles. The van der Waals surface area contributed by atoms with E-state index in [1.807, 2.05) is 6.92 Å². The topological polar surface area (TPSA) is 69.7 Å². The van der Waals surface area contributed by atoms with Crippen LogP contribution in [0.3, 0.4) is 0 Å². The van der Waals surface area contributed by atoms with Crippen LogP contribution in [0.15, 0.2) is 0 Å². The molecular formula is C14H26ClN3O3S. The van der Waals surface area contributed by atoms with E-state index in [2.05, 4.69) is 10.2 Å². The lowest BCUT2D eigenvalue weighted by atomic mass is 10.0. The first kappa shape index (κ1) is 18.0. The number of rotatable bonds is 4. The van der Waals surface area contributed by atoms with E-state index in [0.717, 1.165) is 26.2 Å². The second-order valence-corrected chi connectivity index (χ2v) is 8.84. The molecule has 0 bridgehead atoms. The van der Waals surface area contributed by atoms with Crippen LogP contribution in [-0.4, -0.2) is 80.9 Å². The number of hydrogen-bond donors (Lipinski definition) is 1. The summed E-state index contributed by atoms with van der Waals surface area (Å²) in [6.07, 6.45) is 0.594. The first-order chi connectivity index (χ1) is 9.98. The number of nitrogens with zero attached hydrogens (tertiary/aromatic N) is 2. The fraction of sp³-hybridized carbons (Fsp3) is 0.929. The lowest BCUT2D eigenvalue weighted by Gasteiger charge is -2.29. The highest BCUT2D eigenvalue weighted by molar-refractivity contribution is 7.91. The van der Waals surface area contributed by atoms with E-state index in [9.17, 15) is 13.2 Å². The summed E-state index contributed by atoms with van der Waals surface area (Å²) in [4.78, 5) is 16.5. The molecule has 0 aromatic rings. The van der Waals surface area contributed by atoms with E-state index in [0.29, 0.717) is 31.3 Å². The van der Waals surface area contributed by atoms with Crippen LogP contribution in [0.1, 0.15) is 13.3 Å². The molecule has 0 radical (unpaired) electrons. The Morgan fingerprint density at radius 3 is 2.41 bits per heavy atom. The molecule has 0 aromatic carbocycles. The van der Waals surface area contributed by atoms with Gasteiger partial charge in [-0.3, -0.25) is 9.69 Å². The zero-order valence-electron chi connectivity index (χ0n) is 13.0. The molecule has 128 valence electrons. The number of carbonyl (C=O) groups excluding carboxylic acids is 1. The van der Waals surface area contributed by atoms with Gasteiger partial charge in [-0.15, -0.1) is 12.4 Å². The van der Waals surface area contributed by atoms with Crippen molar-refractivity contribution in [3.8, 4) is 0 Å². The Morgan fingerprint density at radius 1 is 1.27 bits per heavy atom. The Labute approximate surface area is 138 Å². The lowest BCUT2D eigenvalue weighted by molar-refractivity contribution is -0.133.